The number of benzene rings is 1. The van der Waals surface area contributed by atoms with Crippen LogP contribution < -0.4 is 5.32 Å². The number of carbonyl (C=O) groups is 1. The standard InChI is InChI=1S/C17H17ClFN3OS/c18-13-3-1-4-14(19)15(13)16(23)22-11-5-7-12(8-6-11)24-17-20-9-2-10-21-17/h1-4,9-12H,5-8H2,(H,22,23). The van der Waals surface area contributed by atoms with Crippen molar-refractivity contribution < 1.29 is 9.18 Å². The minimum atomic E-state index is -0.592. The summed E-state index contributed by atoms with van der Waals surface area (Å²) >= 11 is 7.61. The number of thioether (sulfide) groups is 1. The van der Waals surface area contributed by atoms with Crippen molar-refractivity contribution in [1.82, 2.24) is 15.3 Å². The first-order valence-electron chi connectivity index (χ1n) is 7.82. The van der Waals surface area contributed by atoms with E-state index in [0.29, 0.717) is 5.25 Å². The van der Waals surface area contributed by atoms with Gasteiger partial charge in [0.2, 0.25) is 0 Å². The van der Waals surface area contributed by atoms with Crippen LogP contribution in [0.15, 0.2) is 41.8 Å². The molecule has 1 N–H and O–H groups in total. The van der Waals surface area contributed by atoms with Gasteiger partial charge in [-0.05, 0) is 43.9 Å². The number of hydrogen-bond acceptors (Lipinski definition) is 4. The van der Waals surface area contributed by atoms with E-state index in [2.05, 4.69) is 15.3 Å². The Balaban J connectivity index is 1.53. The molecule has 7 heteroatoms. The summed E-state index contributed by atoms with van der Waals surface area (Å²) in [5.41, 5.74) is -0.0756. The summed E-state index contributed by atoms with van der Waals surface area (Å²) < 4.78 is 13.8. The molecule has 1 heterocycles. The lowest BCUT2D eigenvalue weighted by atomic mass is 9.94. The van der Waals surface area contributed by atoms with E-state index >= 15 is 0 Å². The lowest BCUT2D eigenvalue weighted by Gasteiger charge is -2.28. The second-order valence-corrected chi connectivity index (χ2v) is 7.37. The molecule has 0 atom stereocenters. The van der Waals surface area contributed by atoms with Gasteiger partial charge in [0.1, 0.15) is 5.82 Å². The smallest absolute Gasteiger partial charge is 0.255 e. The lowest BCUT2D eigenvalue weighted by molar-refractivity contribution is 0.0924. The first kappa shape index (κ1) is 17.2. The number of carbonyl (C=O) groups excluding carboxylic acids is 1. The highest BCUT2D eigenvalue weighted by Gasteiger charge is 2.25. The van der Waals surface area contributed by atoms with Crippen LogP contribution >= 0.6 is 23.4 Å². The van der Waals surface area contributed by atoms with Crippen molar-refractivity contribution in [2.24, 2.45) is 0 Å². The van der Waals surface area contributed by atoms with E-state index in [1.54, 1.807) is 30.2 Å². The molecule has 0 aliphatic heterocycles. The zero-order valence-corrected chi connectivity index (χ0v) is 14.5. The van der Waals surface area contributed by atoms with Gasteiger partial charge in [-0.15, -0.1) is 0 Å². The number of amides is 1. The van der Waals surface area contributed by atoms with Crippen molar-refractivity contribution >= 4 is 29.3 Å². The maximum absolute atomic E-state index is 13.8. The maximum atomic E-state index is 13.8. The summed E-state index contributed by atoms with van der Waals surface area (Å²) in [6, 6.07) is 6.09. The molecule has 126 valence electrons. The van der Waals surface area contributed by atoms with Crippen molar-refractivity contribution in [3.8, 4) is 0 Å². The SMILES string of the molecule is O=C(NC1CCC(Sc2ncccn2)CC1)c1c(F)cccc1Cl. The third-order valence-corrected chi connectivity index (χ3v) is 5.55. The number of nitrogens with zero attached hydrogens (tertiary/aromatic N) is 2. The monoisotopic (exact) mass is 365 g/mol. The summed E-state index contributed by atoms with van der Waals surface area (Å²) in [6.07, 6.45) is 7.08. The van der Waals surface area contributed by atoms with Crippen molar-refractivity contribution in [2.45, 2.75) is 42.1 Å². The number of hydrogen-bond donors (Lipinski definition) is 1. The van der Waals surface area contributed by atoms with Crippen LogP contribution in [0.1, 0.15) is 36.0 Å². The first-order chi connectivity index (χ1) is 11.6. The minimum absolute atomic E-state index is 0.0433. The second kappa shape index (κ2) is 7.94. The molecule has 2 aromatic rings. The summed E-state index contributed by atoms with van der Waals surface area (Å²) in [6.45, 7) is 0. The van der Waals surface area contributed by atoms with Crippen molar-refractivity contribution in [1.29, 1.82) is 0 Å². The van der Waals surface area contributed by atoms with E-state index in [4.69, 9.17) is 11.6 Å². The van der Waals surface area contributed by atoms with E-state index in [0.717, 1.165) is 30.8 Å². The summed E-state index contributed by atoms with van der Waals surface area (Å²) in [4.78, 5) is 20.7. The van der Waals surface area contributed by atoms with Crippen LogP contribution in [0.2, 0.25) is 5.02 Å². The van der Waals surface area contributed by atoms with Crippen LogP contribution in [0.4, 0.5) is 4.39 Å². The third kappa shape index (κ3) is 4.24. The minimum Gasteiger partial charge on any atom is -0.349 e. The highest BCUT2D eigenvalue weighted by Crippen LogP contribution is 2.32. The summed E-state index contributed by atoms with van der Waals surface area (Å²) in [7, 11) is 0. The van der Waals surface area contributed by atoms with E-state index in [1.165, 1.54) is 18.2 Å². The average Bonchev–Trinajstić information content (AvgIpc) is 2.57. The molecule has 1 aliphatic carbocycles. The Labute approximate surface area is 149 Å². The molecule has 1 aliphatic rings. The molecular formula is C17H17ClFN3OS. The molecule has 0 spiro atoms. The van der Waals surface area contributed by atoms with Gasteiger partial charge in [0.25, 0.3) is 5.91 Å². The molecule has 4 nitrogen and oxygen atoms in total. The van der Waals surface area contributed by atoms with Gasteiger partial charge in [0.05, 0.1) is 10.6 Å². The predicted molar refractivity (Wildman–Crippen MR) is 92.8 cm³/mol. The normalized spacial score (nSPS) is 20.6. The van der Waals surface area contributed by atoms with Crippen LogP contribution in [0.5, 0.6) is 0 Å². The van der Waals surface area contributed by atoms with Gasteiger partial charge >= 0.3 is 0 Å². The van der Waals surface area contributed by atoms with E-state index < -0.39 is 11.7 Å². The van der Waals surface area contributed by atoms with Crippen molar-refractivity contribution in [3.05, 3.63) is 53.1 Å². The van der Waals surface area contributed by atoms with E-state index in [-0.39, 0.29) is 16.6 Å². The summed E-state index contributed by atoms with van der Waals surface area (Å²) in [5, 5.41) is 4.26. The largest absolute Gasteiger partial charge is 0.349 e. The lowest BCUT2D eigenvalue weighted by Crippen LogP contribution is -2.38. The van der Waals surface area contributed by atoms with E-state index in [1.807, 2.05) is 0 Å². The Morgan fingerprint density at radius 1 is 1.17 bits per heavy atom. The topological polar surface area (TPSA) is 54.9 Å². The Kier molecular flexibility index (Phi) is 5.68. The quantitative estimate of drug-likeness (QED) is 0.829. The fourth-order valence-corrected chi connectivity index (χ4v) is 4.09. The van der Waals surface area contributed by atoms with Crippen LogP contribution in [0.25, 0.3) is 0 Å². The van der Waals surface area contributed by atoms with E-state index in [9.17, 15) is 9.18 Å². The molecule has 0 saturated heterocycles. The Morgan fingerprint density at radius 3 is 2.54 bits per heavy atom. The number of rotatable bonds is 4. The Hall–Kier alpha value is -1.66. The molecule has 1 aromatic heterocycles. The Bertz CT molecular complexity index is 688. The zero-order valence-electron chi connectivity index (χ0n) is 12.9. The van der Waals surface area contributed by atoms with Gasteiger partial charge in [-0.3, -0.25) is 4.79 Å². The fraction of sp³-hybridized carbons (Fsp3) is 0.353. The second-order valence-electron chi connectivity index (χ2n) is 5.69. The van der Waals surface area contributed by atoms with Gasteiger partial charge in [0, 0.05) is 23.7 Å². The van der Waals surface area contributed by atoms with Crippen LogP contribution in [0.3, 0.4) is 0 Å². The number of aromatic nitrogens is 2. The molecule has 1 aromatic carbocycles. The molecule has 1 fully saturated rings. The van der Waals surface area contributed by atoms with Crippen molar-refractivity contribution in [2.75, 3.05) is 0 Å². The molecular weight excluding hydrogens is 349 g/mol. The molecule has 3 rings (SSSR count). The third-order valence-electron chi connectivity index (χ3n) is 4.01. The number of nitrogens with one attached hydrogen (secondary N) is 1. The maximum Gasteiger partial charge on any atom is 0.255 e. The van der Waals surface area contributed by atoms with Gasteiger partial charge < -0.3 is 5.32 Å². The number of halogens is 2. The molecule has 1 saturated carbocycles. The zero-order chi connectivity index (χ0) is 16.9. The predicted octanol–water partition coefficient (Wildman–Crippen LogP) is 4.10. The van der Waals surface area contributed by atoms with Gasteiger partial charge in [-0.2, -0.15) is 0 Å². The van der Waals surface area contributed by atoms with Gasteiger partial charge in [0.15, 0.2) is 5.16 Å². The van der Waals surface area contributed by atoms with Crippen LogP contribution in [0, 0.1) is 5.82 Å². The highest BCUT2D eigenvalue weighted by atomic mass is 35.5. The first-order valence-corrected chi connectivity index (χ1v) is 9.08. The molecule has 0 radical (unpaired) electrons. The highest BCUT2D eigenvalue weighted by molar-refractivity contribution is 7.99. The fourth-order valence-electron chi connectivity index (χ4n) is 2.79. The van der Waals surface area contributed by atoms with Gasteiger partial charge in [-0.1, -0.05) is 29.4 Å². The molecule has 0 bridgehead atoms. The molecule has 0 unspecified atom stereocenters. The van der Waals surface area contributed by atoms with Crippen molar-refractivity contribution in [3.63, 3.8) is 0 Å². The van der Waals surface area contributed by atoms with Crippen LogP contribution in [-0.2, 0) is 0 Å². The van der Waals surface area contributed by atoms with Crippen LogP contribution in [-0.4, -0.2) is 27.2 Å². The van der Waals surface area contributed by atoms with Gasteiger partial charge in [-0.25, -0.2) is 14.4 Å². The summed E-state index contributed by atoms with van der Waals surface area (Å²) in [5.74, 6) is -1.04. The molecule has 24 heavy (non-hydrogen) atoms. The Morgan fingerprint density at radius 2 is 1.88 bits per heavy atom. The average molecular weight is 366 g/mol. The molecule has 1 amide bonds.